The first kappa shape index (κ1) is 12.1. The summed E-state index contributed by atoms with van der Waals surface area (Å²) < 4.78 is 6.45. The number of aryl methyl sites for hydroxylation is 1. The quantitative estimate of drug-likeness (QED) is 0.869. The third kappa shape index (κ3) is 3.05. The number of hydrogen-bond acceptors (Lipinski definition) is 4. The Bertz CT molecular complexity index is 574. The van der Waals surface area contributed by atoms with Crippen LogP contribution in [0.15, 0.2) is 28.1 Å². The van der Waals surface area contributed by atoms with Crippen molar-refractivity contribution in [2.24, 2.45) is 0 Å². The number of ether oxygens (including phenoxy) is 1. The van der Waals surface area contributed by atoms with Crippen molar-refractivity contribution in [1.29, 1.82) is 5.26 Å². The van der Waals surface area contributed by atoms with E-state index in [9.17, 15) is 0 Å². The number of hydrogen-bond donors (Lipinski definition) is 0. The molecule has 0 saturated heterocycles. The molecule has 2 aromatic rings. The first-order chi connectivity index (χ1) is 8.19. The fourth-order valence-electron chi connectivity index (χ4n) is 1.34. The Morgan fingerprint density at radius 2 is 2.35 bits per heavy atom. The van der Waals surface area contributed by atoms with E-state index in [0.29, 0.717) is 17.9 Å². The maximum atomic E-state index is 8.98. The van der Waals surface area contributed by atoms with Gasteiger partial charge in [-0.05, 0) is 25.1 Å². The number of halogens is 1. The van der Waals surface area contributed by atoms with Crippen molar-refractivity contribution in [1.82, 2.24) is 4.98 Å². The first-order valence-electron chi connectivity index (χ1n) is 4.92. The van der Waals surface area contributed by atoms with Crippen LogP contribution in [-0.2, 0) is 6.61 Å². The lowest BCUT2D eigenvalue weighted by molar-refractivity contribution is 0.301. The normalized spacial score (nSPS) is 9.94. The molecule has 3 nitrogen and oxygen atoms in total. The number of thiazole rings is 1. The van der Waals surface area contributed by atoms with Gasteiger partial charge in [-0.3, -0.25) is 0 Å². The van der Waals surface area contributed by atoms with Crippen molar-refractivity contribution in [2.45, 2.75) is 13.5 Å². The lowest BCUT2D eigenvalue weighted by Gasteiger charge is -2.06. The molecule has 5 heteroatoms. The van der Waals surface area contributed by atoms with Crippen LogP contribution in [0.2, 0.25) is 0 Å². The Labute approximate surface area is 112 Å². The van der Waals surface area contributed by atoms with Crippen molar-refractivity contribution in [3.8, 4) is 11.8 Å². The van der Waals surface area contributed by atoms with E-state index in [1.54, 1.807) is 23.5 Å². The van der Waals surface area contributed by atoms with Crippen LogP contribution in [0.3, 0.4) is 0 Å². The summed E-state index contributed by atoms with van der Waals surface area (Å²) in [5.74, 6) is 0.585. The third-order valence-electron chi connectivity index (χ3n) is 2.10. The van der Waals surface area contributed by atoms with Gasteiger partial charge in [-0.15, -0.1) is 11.3 Å². The molecule has 0 aliphatic carbocycles. The lowest BCUT2D eigenvalue weighted by Crippen LogP contribution is -1.97. The van der Waals surface area contributed by atoms with E-state index in [4.69, 9.17) is 10.00 Å². The molecule has 1 aromatic carbocycles. The van der Waals surface area contributed by atoms with Crippen LogP contribution in [0.25, 0.3) is 0 Å². The van der Waals surface area contributed by atoms with Crippen LogP contribution in [-0.4, -0.2) is 4.98 Å². The highest BCUT2D eigenvalue weighted by Gasteiger charge is 2.05. The van der Waals surface area contributed by atoms with Gasteiger partial charge in [-0.1, -0.05) is 15.9 Å². The third-order valence-corrected chi connectivity index (χ3v) is 3.42. The summed E-state index contributed by atoms with van der Waals surface area (Å²) in [4.78, 5) is 4.30. The molecule has 0 saturated carbocycles. The maximum absolute atomic E-state index is 8.98. The van der Waals surface area contributed by atoms with Gasteiger partial charge in [-0.2, -0.15) is 5.26 Å². The topological polar surface area (TPSA) is 45.9 Å². The summed E-state index contributed by atoms with van der Waals surface area (Å²) in [6, 6.07) is 7.47. The molecule has 86 valence electrons. The van der Waals surface area contributed by atoms with E-state index >= 15 is 0 Å². The van der Waals surface area contributed by atoms with Gasteiger partial charge in [0.25, 0.3) is 0 Å². The molecule has 17 heavy (non-hydrogen) atoms. The average molecular weight is 309 g/mol. The monoisotopic (exact) mass is 308 g/mol. The number of benzene rings is 1. The van der Waals surface area contributed by atoms with Crippen molar-refractivity contribution in [3.05, 3.63) is 44.3 Å². The van der Waals surface area contributed by atoms with Gasteiger partial charge in [0.15, 0.2) is 0 Å². The fourth-order valence-corrected chi connectivity index (χ4v) is 2.30. The molecule has 0 fully saturated rings. The molecular weight excluding hydrogens is 300 g/mol. The highest BCUT2D eigenvalue weighted by molar-refractivity contribution is 9.10. The van der Waals surface area contributed by atoms with Gasteiger partial charge in [-0.25, -0.2) is 4.98 Å². The van der Waals surface area contributed by atoms with Gasteiger partial charge in [0, 0.05) is 9.85 Å². The minimum atomic E-state index is 0.390. The molecule has 0 N–H and O–H groups in total. The van der Waals surface area contributed by atoms with Gasteiger partial charge < -0.3 is 4.74 Å². The molecule has 0 aliphatic heterocycles. The highest BCUT2D eigenvalue weighted by atomic mass is 79.9. The highest BCUT2D eigenvalue weighted by Crippen LogP contribution is 2.23. The second kappa shape index (κ2) is 5.30. The van der Waals surface area contributed by atoms with E-state index in [-0.39, 0.29) is 0 Å². The van der Waals surface area contributed by atoms with Crippen molar-refractivity contribution >= 4 is 27.3 Å². The molecule has 2 rings (SSSR count). The Morgan fingerprint density at radius 3 is 3.00 bits per heavy atom. The zero-order chi connectivity index (χ0) is 12.3. The molecule has 0 bridgehead atoms. The smallest absolute Gasteiger partial charge is 0.137 e. The largest absolute Gasteiger partial charge is 0.486 e. The predicted molar refractivity (Wildman–Crippen MR) is 70.0 cm³/mol. The maximum Gasteiger partial charge on any atom is 0.137 e. The molecule has 0 unspecified atom stereocenters. The first-order valence-corrected chi connectivity index (χ1v) is 6.60. The van der Waals surface area contributed by atoms with Crippen LogP contribution in [0.1, 0.15) is 16.3 Å². The zero-order valence-corrected chi connectivity index (χ0v) is 11.5. The molecule has 0 amide bonds. The fraction of sp³-hybridized carbons (Fsp3) is 0.167. The van der Waals surface area contributed by atoms with E-state index < -0.39 is 0 Å². The number of nitrogens with zero attached hydrogens (tertiary/aromatic N) is 2. The Kier molecular flexibility index (Phi) is 3.77. The zero-order valence-electron chi connectivity index (χ0n) is 9.11. The summed E-state index contributed by atoms with van der Waals surface area (Å²) in [5.41, 5.74) is 1.41. The van der Waals surface area contributed by atoms with Crippen molar-refractivity contribution in [2.75, 3.05) is 0 Å². The van der Waals surface area contributed by atoms with Crippen LogP contribution < -0.4 is 4.74 Å². The van der Waals surface area contributed by atoms with Crippen LogP contribution in [0, 0.1) is 18.3 Å². The van der Waals surface area contributed by atoms with Gasteiger partial charge in [0.2, 0.25) is 0 Å². The van der Waals surface area contributed by atoms with Crippen LogP contribution in [0.5, 0.6) is 5.75 Å². The molecule has 0 spiro atoms. The Hall–Kier alpha value is -1.38. The summed E-state index contributed by atoms with van der Waals surface area (Å²) in [6.07, 6.45) is 0. The van der Waals surface area contributed by atoms with Crippen molar-refractivity contribution in [3.63, 3.8) is 0 Å². The molecule has 0 atom stereocenters. The second-order valence-corrected chi connectivity index (χ2v) is 5.38. The minimum Gasteiger partial charge on any atom is -0.486 e. The van der Waals surface area contributed by atoms with E-state index in [1.165, 1.54) is 0 Å². The molecule has 1 heterocycles. The molecule has 1 aromatic heterocycles. The number of aromatic nitrogens is 1. The number of nitriles is 1. The van der Waals surface area contributed by atoms with E-state index in [0.717, 1.165) is 15.2 Å². The predicted octanol–water partition coefficient (Wildman–Crippen LogP) is 3.66. The van der Waals surface area contributed by atoms with Crippen LogP contribution in [0.4, 0.5) is 0 Å². The standard InChI is InChI=1S/C12H9BrN2OS/c1-8-15-11(7-17-8)6-16-12-3-2-10(13)4-9(12)5-14/h2-4,7H,6H2,1H3. The Morgan fingerprint density at radius 1 is 1.53 bits per heavy atom. The second-order valence-electron chi connectivity index (χ2n) is 3.40. The molecular formula is C12H9BrN2OS. The van der Waals surface area contributed by atoms with E-state index in [1.807, 2.05) is 18.4 Å². The summed E-state index contributed by atoms with van der Waals surface area (Å²) >= 11 is 4.91. The van der Waals surface area contributed by atoms with E-state index in [2.05, 4.69) is 27.0 Å². The average Bonchev–Trinajstić information content (AvgIpc) is 2.73. The summed E-state index contributed by atoms with van der Waals surface area (Å²) in [7, 11) is 0. The van der Waals surface area contributed by atoms with Gasteiger partial charge in [0.1, 0.15) is 18.4 Å². The summed E-state index contributed by atoms with van der Waals surface area (Å²) in [5, 5.41) is 12.0. The van der Waals surface area contributed by atoms with Crippen molar-refractivity contribution < 1.29 is 4.74 Å². The number of rotatable bonds is 3. The molecule has 0 aliphatic rings. The minimum absolute atomic E-state index is 0.390. The van der Waals surface area contributed by atoms with Gasteiger partial charge >= 0.3 is 0 Å². The van der Waals surface area contributed by atoms with Crippen LogP contribution >= 0.6 is 27.3 Å². The van der Waals surface area contributed by atoms with Gasteiger partial charge in [0.05, 0.1) is 16.3 Å². The summed E-state index contributed by atoms with van der Waals surface area (Å²) in [6.45, 7) is 2.34. The SMILES string of the molecule is Cc1nc(COc2ccc(Br)cc2C#N)cs1. The molecule has 0 radical (unpaired) electrons. The lowest BCUT2D eigenvalue weighted by atomic mass is 10.2. The Balaban J connectivity index is 2.12.